The number of hydrogen-bond acceptors (Lipinski definition) is 4. The van der Waals surface area contributed by atoms with Crippen molar-refractivity contribution in [2.45, 2.75) is 51.5 Å². The number of nitrogens with one attached hydrogen (secondary N) is 1. The number of likely N-dealkylation sites (tertiary alicyclic amines) is 1. The number of carbonyl (C=O) groups excluding carboxylic acids is 1. The first-order valence-electron chi connectivity index (χ1n) is 16.0. The molecule has 1 N–H and O–H groups in total. The van der Waals surface area contributed by atoms with Crippen LogP contribution in [0.25, 0.3) is 16.5 Å². The van der Waals surface area contributed by atoms with E-state index >= 15 is 0 Å². The van der Waals surface area contributed by atoms with E-state index in [1.807, 2.05) is 30.3 Å². The summed E-state index contributed by atoms with van der Waals surface area (Å²) in [6, 6.07) is 27.2. The van der Waals surface area contributed by atoms with Gasteiger partial charge in [-0.1, -0.05) is 60.7 Å². The van der Waals surface area contributed by atoms with E-state index in [0.717, 1.165) is 76.0 Å². The molecule has 0 radical (unpaired) electrons. The summed E-state index contributed by atoms with van der Waals surface area (Å²) in [5, 5.41) is 10.4. The Morgan fingerprint density at radius 2 is 1.77 bits per heavy atom. The summed E-state index contributed by atoms with van der Waals surface area (Å²) < 4.78 is 0. The molecule has 5 heteroatoms. The number of aryl methyl sites for hydroxylation is 1. The van der Waals surface area contributed by atoms with Crippen molar-refractivity contribution in [2.75, 3.05) is 32.7 Å². The molecule has 0 bridgehead atoms. The maximum atomic E-state index is 13.0. The molecule has 0 unspecified atom stereocenters. The van der Waals surface area contributed by atoms with E-state index < -0.39 is 0 Å². The van der Waals surface area contributed by atoms with Gasteiger partial charge in [0.25, 0.3) is 0 Å². The molecule has 2 aliphatic heterocycles. The average molecular weight is 571 g/mol. The van der Waals surface area contributed by atoms with Crippen LogP contribution >= 0.6 is 0 Å². The monoisotopic (exact) mass is 570 g/mol. The van der Waals surface area contributed by atoms with Crippen LogP contribution in [0.5, 0.6) is 0 Å². The molecule has 0 amide bonds. The molecule has 3 aromatic carbocycles. The highest BCUT2D eigenvalue weighted by molar-refractivity contribution is 5.96. The van der Waals surface area contributed by atoms with Crippen LogP contribution in [0.4, 0.5) is 0 Å². The molecule has 3 heterocycles. The zero-order chi connectivity index (χ0) is 29.4. The van der Waals surface area contributed by atoms with Crippen LogP contribution in [-0.2, 0) is 13.0 Å². The van der Waals surface area contributed by atoms with E-state index in [1.165, 1.54) is 40.5 Å². The van der Waals surface area contributed by atoms with Crippen LogP contribution in [0.3, 0.4) is 0 Å². The van der Waals surface area contributed by atoms with Gasteiger partial charge in [-0.15, -0.1) is 0 Å². The molecule has 0 aliphatic carbocycles. The van der Waals surface area contributed by atoms with E-state index in [9.17, 15) is 10.1 Å². The third kappa shape index (κ3) is 7.51. The van der Waals surface area contributed by atoms with Crippen molar-refractivity contribution in [3.05, 3.63) is 113 Å². The Labute approximate surface area is 255 Å². The lowest BCUT2D eigenvalue weighted by Gasteiger charge is -2.32. The van der Waals surface area contributed by atoms with Crippen molar-refractivity contribution < 1.29 is 4.79 Å². The number of H-pyrrole nitrogens is 1. The average Bonchev–Trinajstić information content (AvgIpc) is 3.47. The lowest BCUT2D eigenvalue weighted by Crippen LogP contribution is -2.33. The predicted octanol–water partition coefficient (Wildman–Crippen LogP) is 7.64. The molecule has 1 fully saturated rings. The van der Waals surface area contributed by atoms with Gasteiger partial charge in [-0.2, -0.15) is 5.26 Å². The molecule has 0 atom stereocenters. The highest BCUT2D eigenvalue weighted by atomic mass is 16.1. The molecule has 43 heavy (non-hydrogen) atoms. The van der Waals surface area contributed by atoms with Gasteiger partial charge in [-0.3, -0.25) is 14.6 Å². The molecule has 1 aromatic heterocycles. The number of nitriles is 1. The molecule has 5 nitrogen and oxygen atoms in total. The van der Waals surface area contributed by atoms with Crippen LogP contribution < -0.4 is 0 Å². The van der Waals surface area contributed by atoms with E-state index in [0.29, 0.717) is 17.9 Å². The second kappa shape index (κ2) is 14.0. The lowest BCUT2D eigenvalue weighted by atomic mass is 9.90. The van der Waals surface area contributed by atoms with E-state index in [1.54, 1.807) is 0 Å². The Bertz CT molecular complexity index is 1590. The van der Waals surface area contributed by atoms with Gasteiger partial charge in [-0.25, -0.2) is 0 Å². The number of Topliss-reactive ketones (excluding diaryl/α,β-unsaturated/α-hetero) is 1. The minimum absolute atomic E-state index is 0.279. The summed E-state index contributed by atoms with van der Waals surface area (Å²) in [7, 11) is 0. The van der Waals surface area contributed by atoms with E-state index in [-0.39, 0.29) is 5.78 Å². The van der Waals surface area contributed by atoms with Crippen molar-refractivity contribution in [1.29, 1.82) is 5.26 Å². The number of rotatable bonds is 11. The highest BCUT2D eigenvalue weighted by Crippen LogP contribution is 2.27. The molecule has 6 rings (SSSR count). The number of benzene rings is 3. The Kier molecular flexibility index (Phi) is 9.47. The van der Waals surface area contributed by atoms with Crippen molar-refractivity contribution >= 4 is 22.3 Å². The molecule has 0 saturated carbocycles. The Morgan fingerprint density at radius 3 is 2.51 bits per heavy atom. The molecule has 2 aliphatic rings. The Morgan fingerprint density at radius 1 is 0.953 bits per heavy atom. The first kappa shape index (κ1) is 29.1. The number of ketones is 1. The van der Waals surface area contributed by atoms with E-state index in [2.05, 4.69) is 75.6 Å². The Hall–Kier alpha value is -3.98. The first-order chi connectivity index (χ1) is 21.1. The van der Waals surface area contributed by atoms with Crippen LogP contribution in [0.2, 0.25) is 0 Å². The number of hydrogen-bond donors (Lipinski definition) is 1. The SMILES string of the molecule is N#Cc1ccc2[nH]cc(CCCN3CC=C(c4ccc(C(=O)CCC5CCN(Cc6ccccc6)CC5)cc4)CC3)c2c1. The normalized spacial score (nSPS) is 16.7. The largest absolute Gasteiger partial charge is 0.361 e. The van der Waals surface area contributed by atoms with Gasteiger partial charge in [0, 0.05) is 48.7 Å². The summed E-state index contributed by atoms with van der Waals surface area (Å²) in [5.74, 6) is 0.936. The zero-order valence-corrected chi connectivity index (χ0v) is 25.1. The first-order valence-corrected chi connectivity index (χ1v) is 16.0. The minimum Gasteiger partial charge on any atom is -0.361 e. The van der Waals surface area contributed by atoms with Gasteiger partial charge in [0.05, 0.1) is 11.6 Å². The number of fused-ring (bicyclic) bond motifs is 1. The fourth-order valence-corrected chi connectivity index (χ4v) is 6.75. The third-order valence-electron chi connectivity index (χ3n) is 9.42. The van der Waals surface area contributed by atoms with Crippen LogP contribution in [0, 0.1) is 17.2 Å². The fraction of sp³-hybridized carbons (Fsp3) is 0.368. The molecular formula is C38H42N4O. The summed E-state index contributed by atoms with van der Waals surface area (Å²) in [6.07, 6.45) is 11.6. The number of aromatic amines is 1. The number of piperidine rings is 1. The standard InChI is InChI=1S/C38H42N4O/c39-26-31-8-14-37-36(25-31)35(27-40-37)7-4-20-41-23-18-33(19-24-41)32-10-12-34(13-11-32)38(43)15-9-29-16-21-42(22-17-29)28-30-5-2-1-3-6-30/h1-3,5-6,8,10-14,18,25,27,29,40H,4,7,9,15-17,19-24,28H2. The lowest BCUT2D eigenvalue weighted by molar-refractivity contribution is 0.0961. The summed E-state index contributed by atoms with van der Waals surface area (Å²) >= 11 is 0. The molecule has 1 saturated heterocycles. The number of nitrogens with zero attached hydrogens (tertiary/aromatic N) is 3. The van der Waals surface area contributed by atoms with Gasteiger partial charge < -0.3 is 4.98 Å². The van der Waals surface area contributed by atoms with Crippen LogP contribution in [0.1, 0.15) is 71.1 Å². The quantitative estimate of drug-likeness (QED) is 0.188. The summed E-state index contributed by atoms with van der Waals surface area (Å²) in [4.78, 5) is 21.4. The maximum absolute atomic E-state index is 13.0. The van der Waals surface area contributed by atoms with Crippen LogP contribution in [0.15, 0.2) is 85.1 Å². The van der Waals surface area contributed by atoms with Crippen molar-refractivity contribution in [3.8, 4) is 6.07 Å². The minimum atomic E-state index is 0.279. The number of aromatic nitrogens is 1. The van der Waals surface area contributed by atoms with Crippen molar-refractivity contribution in [3.63, 3.8) is 0 Å². The van der Waals surface area contributed by atoms with Gasteiger partial charge in [0.1, 0.15) is 0 Å². The maximum Gasteiger partial charge on any atom is 0.162 e. The van der Waals surface area contributed by atoms with Crippen molar-refractivity contribution in [1.82, 2.24) is 14.8 Å². The zero-order valence-electron chi connectivity index (χ0n) is 25.1. The molecule has 220 valence electrons. The van der Waals surface area contributed by atoms with Gasteiger partial charge in [0.2, 0.25) is 0 Å². The Balaban J connectivity index is 0.919. The third-order valence-corrected chi connectivity index (χ3v) is 9.42. The molecular weight excluding hydrogens is 528 g/mol. The topological polar surface area (TPSA) is 63.1 Å². The summed E-state index contributed by atoms with van der Waals surface area (Å²) in [5.41, 5.74) is 7.97. The second-order valence-electron chi connectivity index (χ2n) is 12.3. The fourth-order valence-electron chi connectivity index (χ4n) is 6.75. The van der Waals surface area contributed by atoms with E-state index in [4.69, 9.17) is 0 Å². The second-order valence-corrected chi connectivity index (χ2v) is 12.3. The van der Waals surface area contributed by atoms with Crippen molar-refractivity contribution in [2.24, 2.45) is 5.92 Å². The highest BCUT2D eigenvalue weighted by Gasteiger charge is 2.21. The van der Waals surface area contributed by atoms with Gasteiger partial charge in [-0.05, 0) is 105 Å². The molecule has 4 aromatic rings. The van der Waals surface area contributed by atoms with Gasteiger partial charge in [0.15, 0.2) is 5.78 Å². The smallest absolute Gasteiger partial charge is 0.162 e. The molecule has 0 spiro atoms. The summed E-state index contributed by atoms with van der Waals surface area (Å²) in [6.45, 7) is 6.38. The van der Waals surface area contributed by atoms with Gasteiger partial charge >= 0.3 is 0 Å². The van der Waals surface area contributed by atoms with Crippen LogP contribution in [-0.4, -0.2) is 53.3 Å². The number of carbonyl (C=O) groups is 1. The predicted molar refractivity (Wildman–Crippen MR) is 175 cm³/mol.